The second-order valence-corrected chi connectivity index (χ2v) is 4.72. The maximum Gasteiger partial charge on any atom is 0.0777 e. The van der Waals surface area contributed by atoms with Gasteiger partial charge in [-0.1, -0.05) is 36.4 Å². The summed E-state index contributed by atoms with van der Waals surface area (Å²) in [6.07, 6.45) is 1.87. The Kier molecular flexibility index (Phi) is 3.86. The molecule has 0 N–H and O–H groups in total. The Hall–Kier alpha value is -1.71. The maximum atomic E-state index is 5.46. The molecule has 1 aromatic heterocycles. The second kappa shape index (κ2) is 5.95. The van der Waals surface area contributed by atoms with Crippen molar-refractivity contribution in [1.82, 2.24) is 9.88 Å². The molecule has 2 aromatic rings. The van der Waals surface area contributed by atoms with E-state index < -0.39 is 0 Å². The highest BCUT2D eigenvalue weighted by molar-refractivity contribution is 5.27. The maximum absolute atomic E-state index is 5.46. The van der Waals surface area contributed by atoms with Crippen LogP contribution in [0, 0.1) is 0 Å². The number of benzene rings is 1. The zero-order chi connectivity index (χ0) is 12.9. The number of hydrogen-bond donors (Lipinski definition) is 0. The number of nitrogens with zero attached hydrogens (tertiary/aromatic N) is 2. The number of hydrogen-bond acceptors (Lipinski definition) is 3. The van der Waals surface area contributed by atoms with E-state index in [-0.39, 0.29) is 6.04 Å². The third kappa shape index (κ3) is 2.83. The molecule has 1 saturated heterocycles. The summed E-state index contributed by atoms with van der Waals surface area (Å²) in [5.41, 5.74) is 2.40. The molecule has 3 rings (SSSR count). The highest BCUT2D eigenvalue weighted by Crippen LogP contribution is 2.27. The van der Waals surface area contributed by atoms with Crippen LogP contribution in [0.3, 0.4) is 0 Å². The van der Waals surface area contributed by atoms with Gasteiger partial charge in [-0.25, -0.2) is 0 Å². The van der Waals surface area contributed by atoms with Crippen LogP contribution in [0.1, 0.15) is 17.3 Å². The number of aromatic nitrogens is 1. The average molecular weight is 254 g/mol. The molecule has 0 bridgehead atoms. The minimum absolute atomic E-state index is 0.228. The lowest BCUT2D eigenvalue weighted by molar-refractivity contribution is 0.0232. The SMILES string of the molecule is c1ccc(C(c2ccccn2)N2CCOCC2)cc1. The van der Waals surface area contributed by atoms with E-state index in [4.69, 9.17) is 4.74 Å². The summed E-state index contributed by atoms with van der Waals surface area (Å²) in [5.74, 6) is 0. The van der Waals surface area contributed by atoms with E-state index in [1.807, 2.05) is 12.3 Å². The topological polar surface area (TPSA) is 25.4 Å². The summed E-state index contributed by atoms with van der Waals surface area (Å²) < 4.78 is 5.46. The molecule has 1 unspecified atom stereocenters. The van der Waals surface area contributed by atoms with Crippen molar-refractivity contribution < 1.29 is 4.74 Å². The Morgan fingerprint density at radius 1 is 0.947 bits per heavy atom. The van der Waals surface area contributed by atoms with Gasteiger partial charge in [-0.05, 0) is 17.7 Å². The molecule has 3 heteroatoms. The molecule has 1 aromatic carbocycles. The predicted molar refractivity (Wildman–Crippen MR) is 74.9 cm³/mol. The lowest BCUT2D eigenvalue weighted by Crippen LogP contribution is -2.39. The molecule has 3 nitrogen and oxygen atoms in total. The molecule has 1 aliphatic heterocycles. The molecular weight excluding hydrogens is 236 g/mol. The molecule has 0 radical (unpaired) electrons. The van der Waals surface area contributed by atoms with Crippen LogP contribution in [0.25, 0.3) is 0 Å². The van der Waals surface area contributed by atoms with Gasteiger partial charge >= 0.3 is 0 Å². The fourth-order valence-corrected chi connectivity index (χ4v) is 2.58. The van der Waals surface area contributed by atoms with Crippen LogP contribution in [0.5, 0.6) is 0 Å². The van der Waals surface area contributed by atoms with E-state index in [0.29, 0.717) is 0 Å². The normalized spacial score (nSPS) is 18.1. The monoisotopic (exact) mass is 254 g/mol. The zero-order valence-corrected chi connectivity index (χ0v) is 10.9. The minimum atomic E-state index is 0.228. The van der Waals surface area contributed by atoms with Gasteiger partial charge in [0.15, 0.2) is 0 Å². The van der Waals surface area contributed by atoms with E-state index >= 15 is 0 Å². The van der Waals surface area contributed by atoms with E-state index in [1.54, 1.807) is 0 Å². The van der Waals surface area contributed by atoms with E-state index in [9.17, 15) is 0 Å². The van der Waals surface area contributed by atoms with Gasteiger partial charge in [0.1, 0.15) is 0 Å². The third-order valence-corrected chi connectivity index (χ3v) is 3.49. The Balaban J connectivity index is 1.96. The quantitative estimate of drug-likeness (QED) is 0.841. The molecule has 0 amide bonds. The second-order valence-electron chi connectivity index (χ2n) is 4.72. The van der Waals surface area contributed by atoms with Gasteiger partial charge < -0.3 is 4.74 Å². The van der Waals surface area contributed by atoms with Crippen LogP contribution in [0.15, 0.2) is 54.7 Å². The van der Waals surface area contributed by atoms with Gasteiger partial charge in [0.25, 0.3) is 0 Å². The van der Waals surface area contributed by atoms with Crippen molar-refractivity contribution >= 4 is 0 Å². The van der Waals surface area contributed by atoms with Gasteiger partial charge in [-0.2, -0.15) is 0 Å². The van der Waals surface area contributed by atoms with Gasteiger partial charge in [-0.3, -0.25) is 9.88 Å². The molecule has 0 spiro atoms. The first-order valence-corrected chi connectivity index (χ1v) is 6.73. The fraction of sp³-hybridized carbons (Fsp3) is 0.312. The highest BCUT2D eigenvalue weighted by Gasteiger charge is 2.24. The van der Waals surface area contributed by atoms with Crippen LogP contribution in [0.2, 0.25) is 0 Å². The van der Waals surface area contributed by atoms with Gasteiger partial charge in [0.05, 0.1) is 24.9 Å². The van der Waals surface area contributed by atoms with E-state index in [2.05, 4.69) is 52.3 Å². The highest BCUT2D eigenvalue weighted by atomic mass is 16.5. The molecule has 1 atom stereocenters. The van der Waals surface area contributed by atoms with Crippen molar-refractivity contribution in [3.05, 3.63) is 66.0 Å². The molecular formula is C16H18N2O. The smallest absolute Gasteiger partial charge is 0.0777 e. The minimum Gasteiger partial charge on any atom is -0.379 e. The molecule has 98 valence electrons. The van der Waals surface area contributed by atoms with Crippen LogP contribution in [-0.4, -0.2) is 36.2 Å². The summed E-state index contributed by atoms with van der Waals surface area (Å²) >= 11 is 0. The third-order valence-electron chi connectivity index (χ3n) is 3.49. The Bertz CT molecular complexity index is 455. The molecule has 1 fully saturated rings. The summed E-state index contributed by atoms with van der Waals surface area (Å²) in [6, 6.07) is 16.9. The van der Waals surface area contributed by atoms with Gasteiger partial charge in [-0.15, -0.1) is 0 Å². The average Bonchev–Trinajstić information content (AvgIpc) is 2.51. The van der Waals surface area contributed by atoms with Crippen molar-refractivity contribution in [1.29, 1.82) is 0 Å². The zero-order valence-electron chi connectivity index (χ0n) is 10.9. The molecule has 2 heterocycles. The Morgan fingerprint density at radius 2 is 1.68 bits per heavy atom. The van der Waals surface area contributed by atoms with Crippen LogP contribution >= 0.6 is 0 Å². The molecule has 0 aliphatic carbocycles. The summed E-state index contributed by atoms with van der Waals surface area (Å²) in [6.45, 7) is 3.51. The van der Waals surface area contributed by atoms with Gasteiger partial charge in [0.2, 0.25) is 0 Å². The van der Waals surface area contributed by atoms with Crippen molar-refractivity contribution in [2.75, 3.05) is 26.3 Å². The lowest BCUT2D eigenvalue weighted by atomic mass is 10.0. The van der Waals surface area contributed by atoms with Gasteiger partial charge in [0, 0.05) is 19.3 Å². The summed E-state index contributed by atoms with van der Waals surface area (Å²) in [4.78, 5) is 6.99. The Labute approximate surface area is 113 Å². The fourth-order valence-electron chi connectivity index (χ4n) is 2.58. The van der Waals surface area contributed by atoms with Crippen molar-refractivity contribution in [3.8, 4) is 0 Å². The predicted octanol–water partition coefficient (Wildman–Crippen LogP) is 2.50. The molecule has 0 saturated carbocycles. The summed E-state index contributed by atoms with van der Waals surface area (Å²) in [5, 5.41) is 0. The van der Waals surface area contributed by atoms with Crippen molar-refractivity contribution in [2.24, 2.45) is 0 Å². The van der Waals surface area contributed by atoms with E-state index in [1.165, 1.54) is 5.56 Å². The van der Waals surface area contributed by atoms with Crippen LogP contribution in [-0.2, 0) is 4.74 Å². The first kappa shape index (κ1) is 12.3. The molecule has 1 aliphatic rings. The first-order chi connectivity index (χ1) is 9.45. The standard InChI is InChI=1S/C16H18N2O/c1-2-6-14(7-3-1)16(15-8-4-5-9-17-15)18-10-12-19-13-11-18/h1-9,16H,10-13H2. The van der Waals surface area contributed by atoms with Crippen LogP contribution < -0.4 is 0 Å². The number of rotatable bonds is 3. The van der Waals surface area contributed by atoms with Crippen molar-refractivity contribution in [3.63, 3.8) is 0 Å². The number of morpholine rings is 1. The Morgan fingerprint density at radius 3 is 2.37 bits per heavy atom. The number of pyridine rings is 1. The lowest BCUT2D eigenvalue weighted by Gasteiger charge is -2.34. The molecule has 19 heavy (non-hydrogen) atoms. The van der Waals surface area contributed by atoms with Crippen molar-refractivity contribution in [2.45, 2.75) is 6.04 Å². The number of ether oxygens (including phenoxy) is 1. The van der Waals surface area contributed by atoms with Crippen LogP contribution in [0.4, 0.5) is 0 Å². The largest absolute Gasteiger partial charge is 0.379 e. The van der Waals surface area contributed by atoms with E-state index in [0.717, 1.165) is 32.0 Å². The summed E-state index contributed by atoms with van der Waals surface area (Å²) in [7, 11) is 0. The first-order valence-electron chi connectivity index (χ1n) is 6.73.